The van der Waals surface area contributed by atoms with Crippen molar-refractivity contribution in [2.75, 3.05) is 49.5 Å². The number of aromatic nitrogens is 5. The first-order valence-electron chi connectivity index (χ1n) is 12.0. The van der Waals surface area contributed by atoms with Crippen molar-refractivity contribution in [1.29, 1.82) is 0 Å². The van der Waals surface area contributed by atoms with Gasteiger partial charge >= 0.3 is 0 Å². The Kier molecular flexibility index (Phi) is 5.78. The van der Waals surface area contributed by atoms with Gasteiger partial charge in [0.25, 0.3) is 0 Å². The molecule has 0 aliphatic carbocycles. The number of rotatable bonds is 6. The van der Waals surface area contributed by atoms with E-state index in [0.29, 0.717) is 5.95 Å². The van der Waals surface area contributed by atoms with Gasteiger partial charge in [-0.25, -0.2) is 19.9 Å². The number of anilines is 3. The minimum Gasteiger partial charge on any atom is -0.341 e. The van der Waals surface area contributed by atoms with Crippen LogP contribution in [0.1, 0.15) is 18.4 Å². The summed E-state index contributed by atoms with van der Waals surface area (Å²) < 4.78 is 0. The molecule has 0 bridgehead atoms. The number of pyridine rings is 1. The fourth-order valence-corrected chi connectivity index (χ4v) is 4.70. The Hall–Kier alpha value is -3.56. The summed E-state index contributed by atoms with van der Waals surface area (Å²) >= 11 is 0. The Morgan fingerprint density at radius 1 is 0.882 bits per heavy atom. The van der Waals surface area contributed by atoms with Crippen LogP contribution in [0, 0.1) is 0 Å². The summed E-state index contributed by atoms with van der Waals surface area (Å²) in [5.74, 6) is 2.28. The molecule has 3 N–H and O–H groups in total. The third-order valence-electron chi connectivity index (χ3n) is 6.50. The quantitative estimate of drug-likeness (QED) is 0.408. The Bertz CT molecular complexity index is 1270. The number of piperazine rings is 1. The average Bonchev–Trinajstić information content (AvgIpc) is 3.55. The number of hydrogen-bond donors (Lipinski definition) is 3. The molecule has 1 aromatic carbocycles. The van der Waals surface area contributed by atoms with Crippen molar-refractivity contribution >= 4 is 28.7 Å². The van der Waals surface area contributed by atoms with Gasteiger partial charge in [-0.3, -0.25) is 4.90 Å². The second-order valence-corrected chi connectivity index (χ2v) is 8.95. The number of hydrogen-bond acceptors (Lipinski definition) is 8. The maximum atomic E-state index is 4.81. The summed E-state index contributed by atoms with van der Waals surface area (Å²) in [5.41, 5.74) is 5.07. The first-order valence-corrected chi connectivity index (χ1v) is 12.0. The standard InChI is InChI=1S/C25H29N9/c1-2-12-34(11-1)25-28-8-6-20(31-25)19-3-4-21-22(16-19)30-24(29-21)32-23-15-18(5-7-27-23)17-33-13-9-26-10-14-33/h3-8,15-16,26H,1-2,9-14,17H2,(H2,27,29,30,32). The van der Waals surface area contributed by atoms with Crippen LogP contribution in [0.15, 0.2) is 48.8 Å². The summed E-state index contributed by atoms with van der Waals surface area (Å²) in [4.78, 5) is 26.6. The molecule has 0 radical (unpaired) electrons. The maximum absolute atomic E-state index is 4.81. The van der Waals surface area contributed by atoms with E-state index in [1.807, 2.05) is 24.5 Å². The fraction of sp³-hybridized carbons (Fsp3) is 0.360. The number of H-pyrrole nitrogens is 1. The Balaban J connectivity index is 1.20. The minimum atomic E-state index is 0.680. The van der Waals surface area contributed by atoms with E-state index in [2.05, 4.69) is 59.7 Å². The van der Waals surface area contributed by atoms with E-state index in [9.17, 15) is 0 Å². The zero-order valence-corrected chi connectivity index (χ0v) is 19.2. The van der Waals surface area contributed by atoms with Gasteiger partial charge in [-0.1, -0.05) is 6.07 Å². The van der Waals surface area contributed by atoms with E-state index in [4.69, 9.17) is 9.97 Å². The molecule has 2 aliphatic heterocycles. The SMILES string of the molecule is c1cc(CN2CCNCC2)cc(Nc2nc3ccc(-c4ccnc(N5CCCC5)n4)cc3[nH]2)n1. The van der Waals surface area contributed by atoms with Gasteiger partial charge in [-0.2, -0.15) is 0 Å². The van der Waals surface area contributed by atoms with Crippen molar-refractivity contribution in [3.63, 3.8) is 0 Å². The van der Waals surface area contributed by atoms with Crippen molar-refractivity contribution in [3.8, 4) is 11.3 Å². The molecular weight excluding hydrogens is 426 g/mol. The number of nitrogens with zero attached hydrogens (tertiary/aromatic N) is 6. The van der Waals surface area contributed by atoms with Crippen molar-refractivity contribution in [2.45, 2.75) is 19.4 Å². The zero-order chi connectivity index (χ0) is 22.7. The summed E-state index contributed by atoms with van der Waals surface area (Å²) in [6, 6.07) is 12.3. The average molecular weight is 456 g/mol. The molecule has 4 aromatic rings. The molecule has 6 rings (SSSR count). The molecule has 0 amide bonds. The highest BCUT2D eigenvalue weighted by atomic mass is 15.3. The Labute approximate surface area is 198 Å². The molecule has 5 heterocycles. The number of imidazole rings is 1. The predicted octanol–water partition coefficient (Wildman–Crippen LogP) is 3.16. The van der Waals surface area contributed by atoms with Crippen LogP contribution in [-0.4, -0.2) is 69.1 Å². The summed E-state index contributed by atoms with van der Waals surface area (Å²) in [7, 11) is 0. The van der Waals surface area contributed by atoms with Gasteiger partial charge in [0.2, 0.25) is 11.9 Å². The third-order valence-corrected chi connectivity index (χ3v) is 6.50. The molecule has 2 fully saturated rings. The molecule has 2 aliphatic rings. The molecule has 2 saturated heterocycles. The highest BCUT2D eigenvalue weighted by molar-refractivity contribution is 5.83. The molecule has 3 aromatic heterocycles. The lowest BCUT2D eigenvalue weighted by Gasteiger charge is -2.27. The van der Waals surface area contributed by atoms with Crippen LogP contribution in [0.25, 0.3) is 22.3 Å². The lowest BCUT2D eigenvalue weighted by molar-refractivity contribution is 0.233. The van der Waals surface area contributed by atoms with Crippen molar-refractivity contribution in [1.82, 2.24) is 35.1 Å². The topological polar surface area (TPSA) is 97.9 Å². The van der Waals surface area contributed by atoms with E-state index < -0.39 is 0 Å². The highest BCUT2D eigenvalue weighted by Crippen LogP contribution is 2.26. The third kappa shape index (κ3) is 4.57. The summed E-state index contributed by atoms with van der Waals surface area (Å²) in [6.07, 6.45) is 6.11. The van der Waals surface area contributed by atoms with Crippen LogP contribution in [0.3, 0.4) is 0 Å². The van der Waals surface area contributed by atoms with Crippen LogP contribution >= 0.6 is 0 Å². The minimum absolute atomic E-state index is 0.680. The first-order chi connectivity index (χ1) is 16.8. The molecular formula is C25H29N9. The van der Waals surface area contributed by atoms with Crippen molar-refractivity contribution in [3.05, 3.63) is 54.4 Å². The van der Waals surface area contributed by atoms with E-state index in [-0.39, 0.29) is 0 Å². The molecule has 0 unspecified atom stereocenters. The van der Waals surface area contributed by atoms with Crippen molar-refractivity contribution in [2.24, 2.45) is 0 Å². The second-order valence-electron chi connectivity index (χ2n) is 8.95. The monoisotopic (exact) mass is 455 g/mol. The fourth-order valence-electron chi connectivity index (χ4n) is 4.70. The molecule has 0 atom stereocenters. The van der Waals surface area contributed by atoms with E-state index in [1.54, 1.807) is 0 Å². The predicted molar refractivity (Wildman–Crippen MR) is 134 cm³/mol. The number of fused-ring (bicyclic) bond motifs is 1. The largest absolute Gasteiger partial charge is 0.341 e. The lowest BCUT2D eigenvalue weighted by atomic mass is 10.1. The molecule has 9 heteroatoms. The van der Waals surface area contributed by atoms with Crippen LogP contribution in [0.5, 0.6) is 0 Å². The summed E-state index contributed by atoms with van der Waals surface area (Å²) in [6.45, 7) is 7.23. The second kappa shape index (κ2) is 9.36. The Morgan fingerprint density at radius 2 is 1.74 bits per heavy atom. The molecule has 34 heavy (non-hydrogen) atoms. The van der Waals surface area contributed by atoms with Gasteiger partial charge in [-0.15, -0.1) is 0 Å². The van der Waals surface area contributed by atoms with Gasteiger partial charge in [0, 0.05) is 63.8 Å². The number of benzene rings is 1. The van der Waals surface area contributed by atoms with Crippen LogP contribution < -0.4 is 15.5 Å². The lowest BCUT2D eigenvalue weighted by Crippen LogP contribution is -2.42. The normalized spacial score (nSPS) is 16.9. The zero-order valence-electron chi connectivity index (χ0n) is 19.2. The molecule has 0 spiro atoms. The Morgan fingerprint density at radius 3 is 2.62 bits per heavy atom. The van der Waals surface area contributed by atoms with Gasteiger partial charge in [-0.05, 0) is 48.7 Å². The maximum Gasteiger partial charge on any atom is 0.225 e. The van der Waals surface area contributed by atoms with E-state index in [0.717, 1.165) is 79.9 Å². The number of aromatic amines is 1. The highest BCUT2D eigenvalue weighted by Gasteiger charge is 2.16. The van der Waals surface area contributed by atoms with Gasteiger partial charge in [0.15, 0.2) is 0 Å². The smallest absolute Gasteiger partial charge is 0.225 e. The van der Waals surface area contributed by atoms with Crippen molar-refractivity contribution < 1.29 is 0 Å². The van der Waals surface area contributed by atoms with Gasteiger partial charge < -0.3 is 20.5 Å². The van der Waals surface area contributed by atoms with Crippen LogP contribution in [-0.2, 0) is 6.54 Å². The van der Waals surface area contributed by atoms with Gasteiger partial charge in [0.1, 0.15) is 5.82 Å². The van der Waals surface area contributed by atoms with Gasteiger partial charge in [0.05, 0.1) is 16.7 Å². The van der Waals surface area contributed by atoms with Crippen LogP contribution in [0.2, 0.25) is 0 Å². The van der Waals surface area contributed by atoms with E-state index >= 15 is 0 Å². The molecule has 174 valence electrons. The molecule has 9 nitrogen and oxygen atoms in total. The first kappa shape index (κ1) is 21.0. The summed E-state index contributed by atoms with van der Waals surface area (Å²) in [5, 5.41) is 6.73. The van der Waals surface area contributed by atoms with Crippen LogP contribution in [0.4, 0.5) is 17.7 Å². The van der Waals surface area contributed by atoms with E-state index in [1.165, 1.54) is 18.4 Å². The molecule has 0 saturated carbocycles. The number of nitrogens with one attached hydrogen (secondary N) is 3.